The van der Waals surface area contributed by atoms with Gasteiger partial charge in [0.2, 0.25) is 0 Å². The predicted octanol–water partition coefficient (Wildman–Crippen LogP) is 5.04. The van der Waals surface area contributed by atoms with E-state index in [1.807, 2.05) is 0 Å². The van der Waals surface area contributed by atoms with Gasteiger partial charge in [0.15, 0.2) is 0 Å². The molecule has 0 spiro atoms. The number of rotatable bonds is 6. The van der Waals surface area contributed by atoms with Crippen molar-refractivity contribution >= 4 is 58.0 Å². The Morgan fingerprint density at radius 2 is 1.61 bits per heavy atom. The number of benzene rings is 3. The fourth-order valence-corrected chi connectivity index (χ4v) is 3.66. The number of ether oxygens (including phenoxy) is 1. The second-order valence-electron chi connectivity index (χ2n) is 6.97. The van der Waals surface area contributed by atoms with Crippen molar-refractivity contribution < 1.29 is 19.1 Å². The summed E-state index contributed by atoms with van der Waals surface area (Å²) in [6.45, 7) is 0. The number of methoxy groups -OCH3 is 1. The Hall–Kier alpha value is -3.81. The average Bonchev–Trinajstić information content (AvgIpc) is 3.03. The summed E-state index contributed by atoms with van der Waals surface area (Å²) in [7, 11) is 1.56. The number of para-hydroxylation sites is 1. The SMILES string of the molecule is COc1ccc(NC(=O)c2cccc(NC3=C(Cl)C(=O)N(c4ccccc4Cl)C3=O)c2)cc1. The zero-order valence-electron chi connectivity index (χ0n) is 17.3. The molecule has 0 saturated heterocycles. The van der Waals surface area contributed by atoms with Gasteiger partial charge >= 0.3 is 0 Å². The van der Waals surface area contributed by atoms with E-state index in [1.54, 1.807) is 79.9 Å². The molecule has 4 rings (SSSR count). The second kappa shape index (κ2) is 9.36. The van der Waals surface area contributed by atoms with Crippen molar-refractivity contribution in [3.05, 3.63) is 94.1 Å². The minimum absolute atomic E-state index is 0.103. The number of hydrogen-bond acceptors (Lipinski definition) is 5. The molecule has 3 amide bonds. The number of imide groups is 1. The fourth-order valence-electron chi connectivity index (χ4n) is 3.22. The molecule has 0 aromatic heterocycles. The quantitative estimate of drug-likeness (QED) is 0.481. The third-order valence-corrected chi connectivity index (χ3v) is 5.53. The third kappa shape index (κ3) is 4.55. The number of carbonyl (C=O) groups excluding carboxylic acids is 3. The Bertz CT molecular complexity index is 1290. The second-order valence-corrected chi connectivity index (χ2v) is 7.76. The van der Waals surface area contributed by atoms with Crippen LogP contribution in [0.25, 0.3) is 0 Å². The molecule has 1 aliphatic rings. The van der Waals surface area contributed by atoms with Gasteiger partial charge in [0, 0.05) is 16.9 Å². The highest BCUT2D eigenvalue weighted by molar-refractivity contribution is 6.53. The first-order valence-electron chi connectivity index (χ1n) is 9.74. The summed E-state index contributed by atoms with van der Waals surface area (Å²) in [5, 5.41) is 5.61. The summed E-state index contributed by atoms with van der Waals surface area (Å²) in [5.41, 5.74) is 1.47. The first-order valence-corrected chi connectivity index (χ1v) is 10.5. The highest BCUT2D eigenvalue weighted by Crippen LogP contribution is 2.34. The lowest BCUT2D eigenvalue weighted by Crippen LogP contribution is -2.32. The van der Waals surface area contributed by atoms with E-state index in [2.05, 4.69) is 10.6 Å². The molecule has 0 bridgehead atoms. The largest absolute Gasteiger partial charge is 0.497 e. The Morgan fingerprint density at radius 1 is 0.879 bits per heavy atom. The summed E-state index contributed by atoms with van der Waals surface area (Å²) in [5.74, 6) is -1.02. The number of hydrogen-bond donors (Lipinski definition) is 2. The molecule has 0 atom stereocenters. The van der Waals surface area contributed by atoms with E-state index in [-0.39, 0.29) is 27.3 Å². The van der Waals surface area contributed by atoms with Crippen LogP contribution in [-0.4, -0.2) is 24.8 Å². The molecule has 1 aliphatic heterocycles. The van der Waals surface area contributed by atoms with Crippen molar-refractivity contribution in [2.45, 2.75) is 0 Å². The van der Waals surface area contributed by atoms with Crippen LogP contribution >= 0.6 is 23.2 Å². The normalized spacial score (nSPS) is 13.4. The minimum atomic E-state index is -0.689. The van der Waals surface area contributed by atoms with Gasteiger partial charge in [0.1, 0.15) is 16.5 Å². The third-order valence-electron chi connectivity index (χ3n) is 4.86. The molecule has 0 radical (unpaired) electrons. The molecule has 0 fully saturated rings. The molecule has 3 aromatic carbocycles. The zero-order valence-corrected chi connectivity index (χ0v) is 18.8. The number of anilines is 3. The monoisotopic (exact) mass is 481 g/mol. The Kier molecular flexibility index (Phi) is 6.35. The molecule has 0 unspecified atom stereocenters. The van der Waals surface area contributed by atoms with Gasteiger partial charge in [0.05, 0.1) is 17.8 Å². The zero-order chi connectivity index (χ0) is 23.5. The Balaban J connectivity index is 1.53. The molecule has 2 N–H and O–H groups in total. The van der Waals surface area contributed by atoms with Gasteiger partial charge in [-0.15, -0.1) is 0 Å². The molecule has 166 valence electrons. The lowest BCUT2D eigenvalue weighted by Gasteiger charge is -2.16. The molecule has 1 heterocycles. The highest BCUT2D eigenvalue weighted by atomic mass is 35.5. The lowest BCUT2D eigenvalue weighted by atomic mass is 10.1. The summed E-state index contributed by atoms with van der Waals surface area (Å²) in [4.78, 5) is 39.2. The van der Waals surface area contributed by atoms with Gasteiger partial charge in [-0.25, -0.2) is 4.90 Å². The molecule has 0 saturated carbocycles. The molecule has 3 aromatic rings. The molecular formula is C24H17Cl2N3O4. The van der Waals surface area contributed by atoms with Crippen LogP contribution in [0.5, 0.6) is 5.75 Å². The summed E-state index contributed by atoms with van der Waals surface area (Å²) >= 11 is 12.3. The van der Waals surface area contributed by atoms with E-state index >= 15 is 0 Å². The smallest absolute Gasteiger partial charge is 0.283 e. The van der Waals surface area contributed by atoms with Crippen molar-refractivity contribution in [3.8, 4) is 5.75 Å². The van der Waals surface area contributed by atoms with Crippen LogP contribution in [0, 0.1) is 0 Å². The Labute approximate surface area is 199 Å². The number of nitrogens with zero attached hydrogens (tertiary/aromatic N) is 1. The molecule has 7 nitrogen and oxygen atoms in total. The number of nitrogens with one attached hydrogen (secondary N) is 2. The van der Waals surface area contributed by atoms with E-state index in [1.165, 1.54) is 0 Å². The van der Waals surface area contributed by atoms with Crippen molar-refractivity contribution in [3.63, 3.8) is 0 Å². The minimum Gasteiger partial charge on any atom is -0.497 e. The van der Waals surface area contributed by atoms with Crippen molar-refractivity contribution in [2.24, 2.45) is 0 Å². The van der Waals surface area contributed by atoms with E-state index < -0.39 is 11.8 Å². The van der Waals surface area contributed by atoms with Crippen molar-refractivity contribution in [1.82, 2.24) is 0 Å². The molecular weight excluding hydrogens is 465 g/mol. The maximum atomic E-state index is 12.9. The summed E-state index contributed by atoms with van der Waals surface area (Å²) in [6, 6.07) is 19.8. The van der Waals surface area contributed by atoms with Crippen molar-refractivity contribution in [1.29, 1.82) is 0 Å². The highest BCUT2D eigenvalue weighted by Gasteiger charge is 2.39. The van der Waals surface area contributed by atoms with Gasteiger partial charge < -0.3 is 15.4 Å². The first kappa shape index (κ1) is 22.4. The maximum Gasteiger partial charge on any atom is 0.283 e. The molecule has 9 heteroatoms. The number of carbonyl (C=O) groups is 3. The molecule has 0 aliphatic carbocycles. The van der Waals surface area contributed by atoms with Gasteiger partial charge in [-0.3, -0.25) is 14.4 Å². The summed E-state index contributed by atoms with van der Waals surface area (Å²) < 4.78 is 5.11. The number of amides is 3. The van der Waals surface area contributed by atoms with Gasteiger partial charge in [-0.05, 0) is 54.6 Å². The topological polar surface area (TPSA) is 87.7 Å². The van der Waals surface area contributed by atoms with Crippen molar-refractivity contribution in [2.75, 3.05) is 22.6 Å². The van der Waals surface area contributed by atoms with Crippen LogP contribution in [0.4, 0.5) is 17.1 Å². The van der Waals surface area contributed by atoms with Crippen LogP contribution in [0.15, 0.2) is 83.5 Å². The van der Waals surface area contributed by atoms with E-state index in [0.29, 0.717) is 22.7 Å². The Morgan fingerprint density at radius 3 is 2.30 bits per heavy atom. The van der Waals surface area contributed by atoms with Gasteiger partial charge in [-0.1, -0.05) is 41.4 Å². The van der Waals surface area contributed by atoms with Crippen LogP contribution in [0.2, 0.25) is 5.02 Å². The van der Waals surface area contributed by atoms with Gasteiger partial charge in [-0.2, -0.15) is 0 Å². The van der Waals surface area contributed by atoms with Crippen LogP contribution in [-0.2, 0) is 9.59 Å². The van der Waals surface area contributed by atoms with Crippen LogP contribution < -0.4 is 20.3 Å². The van der Waals surface area contributed by atoms with E-state index in [0.717, 1.165) is 4.90 Å². The number of halogens is 2. The van der Waals surface area contributed by atoms with E-state index in [9.17, 15) is 14.4 Å². The first-order chi connectivity index (χ1) is 15.9. The average molecular weight is 482 g/mol. The summed E-state index contributed by atoms with van der Waals surface area (Å²) in [6.07, 6.45) is 0. The lowest BCUT2D eigenvalue weighted by molar-refractivity contribution is -0.120. The van der Waals surface area contributed by atoms with Crippen LogP contribution in [0.3, 0.4) is 0 Å². The van der Waals surface area contributed by atoms with Crippen LogP contribution in [0.1, 0.15) is 10.4 Å². The standard InChI is InChI=1S/C24H17Cl2N3O4/c1-33-17-11-9-15(10-12-17)28-22(30)14-5-4-6-16(13-14)27-21-20(26)23(31)29(24(21)32)19-8-3-2-7-18(19)25/h2-13,27H,1H3,(H,28,30). The molecule has 33 heavy (non-hydrogen) atoms. The fraction of sp³-hybridized carbons (Fsp3) is 0.0417. The maximum absolute atomic E-state index is 12.9. The van der Waals surface area contributed by atoms with E-state index in [4.69, 9.17) is 27.9 Å². The predicted molar refractivity (Wildman–Crippen MR) is 128 cm³/mol. The van der Waals surface area contributed by atoms with Gasteiger partial charge in [0.25, 0.3) is 17.7 Å².